The molecule has 0 amide bonds. The summed E-state index contributed by atoms with van der Waals surface area (Å²) in [6.07, 6.45) is 6.22. The first kappa shape index (κ1) is 15.2. The fraction of sp³-hybridized carbons (Fsp3) is 0.667. The van der Waals surface area contributed by atoms with Crippen LogP contribution in [0, 0.1) is 5.77 Å². The van der Waals surface area contributed by atoms with Crippen LogP contribution >= 0.6 is 56.5 Å². The van der Waals surface area contributed by atoms with E-state index in [0.29, 0.717) is 0 Å². The summed E-state index contributed by atoms with van der Waals surface area (Å²) >= 11 is 6.66. The van der Waals surface area contributed by atoms with Crippen molar-refractivity contribution in [1.82, 2.24) is 0 Å². The highest BCUT2D eigenvalue weighted by molar-refractivity contribution is 14.1. The van der Waals surface area contributed by atoms with Crippen LogP contribution in [-0.2, 0) is 11.2 Å². The third-order valence-electron chi connectivity index (χ3n) is 2.39. The average molecular weight is 464 g/mol. The van der Waals surface area contributed by atoms with Gasteiger partial charge in [0.15, 0.2) is 0 Å². The van der Waals surface area contributed by atoms with Crippen molar-refractivity contribution in [3.63, 3.8) is 0 Å². The molecule has 92 valence electrons. The number of hydrogen-bond acceptors (Lipinski definition) is 2. The highest BCUT2D eigenvalue weighted by Gasteiger charge is 2.04. The van der Waals surface area contributed by atoms with Crippen LogP contribution in [0.1, 0.15) is 38.2 Å². The van der Waals surface area contributed by atoms with Crippen LogP contribution in [0.5, 0.6) is 0 Å². The second-order valence-corrected chi connectivity index (χ2v) is 8.53. The summed E-state index contributed by atoms with van der Waals surface area (Å²) in [5.41, 5.74) is 1.45. The first-order valence-corrected chi connectivity index (χ1v) is 8.73. The van der Waals surface area contributed by atoms with Crippen molar-refractivity contribution in [2.24, 2.45) is 0 Å². The maximum absolute atomic E-state index is 5.65. The van der Waals surface area contributed by atoms with Gasteiger partial charge in [-0.05, 0) is 69.7 Å². The van der Waals surface area contributed by atoms with Crippen molar-refractivity contribution in [3.05, 3.63) is 17.4 Å². The Morgan fingerprint density at radius 3 is 2.62 bits per heavy atom. The SMILES string of the molecule is CCCCCCOCCc1cc(I)sc1I. The van der Waals surface area contributed by atoms with E-state index in [4.69, 9.17) is 4.74 Å². The van der Waals surface area contributed by atoms with E-state index in [1.807, 2.05) is 11.3 Å². The van der Waals surface area contributed by atoms with E-state index in [2.05, 4.69) is 58.2 Å². The molecule has 0 fully saturated rings. The van der Waals surface area contributed by atoms with Crippen LogP contribution in [0.15, 0.2) is 6.07 Å². The van der Waals surface area contributed by atoms with Gasteiger partial charge in [-0.1, -0.05) is 26.2 Å². The third kappa shape index (κ3) is 6.16. The summed E-state index contributed by atoms with van der Waals surface area (Å²) in [5.74, 6) is 0. The summed E-state index contributed by atoms with van der Waals surface area (Å²) in [7, 11) is 0. The Bertz CT molecular complexity index is 299. The molecule has 0 radical (unpaired) electrons. The third-order valence-corrected chi connectivity index (χ3v) is 5.46. The molecule has 0 aliphatic heterocycles. The molecule has 1 heterocycles. The minimum absolute atomic E-state index is 0.870. The van der Waals surface area contributed by atoms with Gasteiger partial charge in [0.1, 0.15) is 0 Å². The van der Waals surface area contributed by atoms with Crippen LogP contribution in [0.25, 0.3) is 0 Å². The number of halogens is 2. The van der Waals surface area contributed by atoms with Gasteiger partial charge in [-0.2, -0.15) is 0 Å². The van der Waals surface area contributed by atoms with E-state index < -0.39 is 0 Å². The molecule has 1 nitrogen and oxygen atoms in total. The molecule has 4 heteroatoms. The quantitative estimate of drug-likeness (QED) is 0.385. The number of unbranched alkanes of at least 4 members (excludes halogenated alkanes) is 3. The molecule has 0 N–H and O–H groups in total. The minimum atomic E-state index is 0.870. The molecule has 0 bridgehead atoms. The zero-order chi connectivity index (χ0) is 11.8. The highest BCUT2D eigenvalue weighted by atomic mass is 127. The van der Waals surface area contributed by atoms with Gasteiger partial charge < -0.3 is 4.74 Å². The predicted molar refractivity (Wildman–Crippen MR) is 88.4 cm³/mol. The van der Waals surface area contributed by atoms with Crippen molar-refractivity contribution >= 4 is 56.5 Å². The zero-order valence-electron chi connectivity index (χ0n) is 9.60. The minimum Gasteiger partial charge on any atom is -0.381 e. The lowest BCUT2D eigenvalue weighted by Gasteiger charge is -2.03. The molecule has 0 spiro atoms. The van der Waals surface area contributed by atoms with Crippen LogP contribution in [0.4, 0.5) is 0 Å². The van der Waals surface area contributed by atoms with Gasteiger partial charge in [0.05, 0.1) is 12.4 Å². The molecule has 0 aliphatic rings. The Balaban J connectivity index is 2.05. The monoisotopic (exact) mass is 464 g/mol. The normalized spacial score (nSPS) is 10.9. The van der Waals surface area contributed by atoms with E-state index in [1.54, 1.807) is 0 Å². The maximum Gasteiger partial charge on any atom is 0.0697 e. The van der Waals surface area contributed by atoms with Crippen LogP contribution < -0.4 is 0 Å². The summed E-state index contributed by atoms with van der Waals surface area (Å²) < 4.78 is 8.44. The van der Waals surface area contributed by atoms with Crippen molar-refractivity contribution in [2.75, 3.05) is 13.2 Å². The molecule has 0 aliphatic carbocycles. The highest BCUT2D eigenvalue weighted by Crippen LogP contribution is 2.25. The Labute approximate surface area is 130 Å². The molecule has 0 aromatic carbocycles. The van der Waals surface area contributed by atoms with Crippen molar-refractivity contribution in [2.45, 2.75) is 39.0 Å². The van der Waals surface area contributed by atoms with Gasteiger partial charge in [-0.3, -0.25) is 0 Å². The standard InChI is InChI=1S/C12H18I2OS/c1-2-3-4-5-7-15-8-6-10-9-11(13)16-12(10)14/h9H,2-8H2,1H3. The molecule has 1 aromatic heterocycles. The van der Waals surface area contributed by atoms with Gasteiger partial charge in [0.25, 0.3) is 0 Å². The molecular weight excluding hydrogens is 446 g/mol. The average Bonchev–Trinajstić information content (AvgIpc) is 2.56. The van der Waals surface area contributed by atoms with Gasteiger partial charge in [-0.25, -0.2) is 0 Å². The van der Waals surface area contributed by atoms with Crippen molar-refractivity contribution in [1.29, 1.82) is 0 Å². The predicted octanol–water partition coefficient (Wildman–Crippen LogP) is 5.10. The summed E-state index contributed by atoms with van der Waals surface area (Å²) in [5, 5.41) is 0. The second-order valence-electron chi connectivity index (χ2n) is 3.77. The molecule has 0 unspecified atom stereocenters. The number of rotatable bonds is 8. The lowest BCUT2D eigenvalue weighted by Crippen LogP contribution is -2.00. The van der Waals surface area contributed by atoms with Crippen LogP contribution in [-0.4, -0.2) is 13.2 Å². The number of thiophene rings is 1. The maximum atomic E-state index is 5.65. The summed E-state index contributed by atoms with van der Waals surface area (Å²) in [4.78, 5) is 0. The Kier molecular flexibility index (Phi) is 8.64. The summed E-state index contributed by atoms with van der Waals surface area (Å²) in [6.45, 7) is 4.04. The molecule has 1 aromatic rings. The first-order chi connectivity index (χ1) is 7.74. The smallest absolute Gasteiger partial charge is 0.0697 e. The van der Waals surface area contributed by atoms with E-state index in [0.717, 1.165) is 19.6 Å². The largest absolute Gasteiger partial charge is 0.381 e. The lowest BCUT2D eigenvalue weighted by atomic mass is 10.2. The lowest BCUT2D eigenvalue weighted by molar-refractivity contribution is 0.133. The van der Waals surface area contributed by atoms with Crippen molar-refractivity contribution < 1.29 is 4.74 Å². The fourth-order valence-corrected chi connectivity index (χ4v) is 5.56. The van der Waals surface area contributed by atoms with Gasteiger partial charge >= 0.3 is 0 Å². The molecule has 0 saturated heterocycles. The number of hydrogen-bond donors (Lipinski definition) is 0. The second kappa shape index (κ2) is 9.10. The van der Waals surface area contributed by atoms with E-state index in [9.17, 15) is 0 Å². The Morgan fingerprint density at radius 2 is 2.00 bits per heavy atom. The van der Waals surface area contributed by atoms with Crippen LogP contribution in [0.3, 0.4) is 0 Å². The molecule has 1 rings (SSSR count). The molecule has 0 saturated carbocycles. The van der Waals surface area contributed by atoms with E-state index in [1.165, 1.54) is 37.0 Å². The zero-order valence-corrected chi connectivity index (χ0v) is 14.7. The van der Waals surface area contributed by atoms with Crippen molar-refractivity contribution in [3.8, 4) is 0 Å². The van der Waals surface area contributed by atoms with E-state index in [-0.39, 0.29) is 0 Å². The van der Waals surface area contributed by atoms with Crippen LogP contribution in [0.2, 0.25) is 0 Å². The molecular formula is C12H18I2OS. The molecule has 16 heavy (non-hydrogen) atoms. The Morgan fingerprint density at radius 1 is 1.19 bits per heavy atom. The number of ether oxygens (including phenoxy) is 1. The van der Waals surface area contributed by atoms with E-state index >= 15 is 0 Å². The fourth-order valence-electron chi connectivity index (χ4n) is 1.46. The Hall–Kier alpha value is 1.12. The van der Waals surface area contributed by atoms with Gasteiger partial charge in [0.2, 0.25) is 0 Å². The molecule has 0 atom stereocenters. The summed E-state index contributed by atoms with van der Waals surface area (Å²) in [6, 6.07) is 2.27. The van der Waals surface area contributed by atoms with Gasteiger partial charge in [-0.15, -0.1) is 11.3 Å². The topological polar surface area (TPSA) is 9.23 Å². The van der Waals surface area contributed by atoms with Gasteiger partial charge in [0, 0.05) is 6.61 Å². The first-order valence-electron chi connectivity index (χ1n) is 5.75.